The summed E-state index contributed by atoms with van der Waals surface area (Å²) in [6, 6.07) is 1.86. The van der Waals surface area contributed by atoms with Crippen molar-refractivity contribution in [2.75, 3.05) is 11.9 Å². The molecule has 1 aliphatic rings. The Hall–Kier alpha value is -3.63. The molecule has 1 amide bonds. The monoisotopic (exact) mass is 399 g/mol. The van der Waals surface area contributed by atoms with E-state index in [-0.39, 0.29) is 29.4 Å². The van der Waals surface area contributed by atoms with E-state index >= 15 is 0 Å². The van der Waals surface area contributed by atoms with Gasteiger partial charge in [0.1, 0.15) is 11.5 Å². The Balaban J connectivity index is 1.78. The van der Waals surface area contributed by atoms with Crippen molar-refractivity contribution < 1.29 is 14.6 Å². The van der Waals surface area contributed by atoms with Gasteiger partial charge in [0.25, 0.3) is 0 Å². The van der Waals surface area contributed by atoms with Gasteiger partial charge in [-0.05, 0) is 24.8 Å². The molecule has 0 aliphatic heterocycles. The maximum absolute atomic E-state index is 12.0. The highest BCUT2D eigenvalue weighted by atomic mass is 16.5. The number of hydrogen-bond donors (Lipinski definition) is 4. The number of anilines is 1. The van der Waals surface area contributed by atoms with Crippen LogP contribution in [-0.4, -0.2) is 48.4 Å². The molecule has 1 fully saturated rings. The van der Waals surface area contributed by atoms with Crippen LogP contribution in [0.5, 0.6) is 5.88 Å². The number of nitrogens with one attached hydrogen (secondary N) is 3. The number of amides is 1. The molecule has 1 aliphatic carbocycles. The molecule has 11 nitrogen and oxygen atoms in total. The highest BCUT2D eigenvalue weighted by Crippen LogP contribution is 2.22. The predicted octanol–water partition coefficient (Wildman–Crippen LogP) is 0.267. The first-order chi connectivity index (χ1) is 13.9. The topological polar surface area (TPSA) is 150 Å². The van der Waals surface area contributed by atoms with Crippen molar-refractivity contribution in [3.8, 4) is 5.88 Å². The van der Waals surface area contributed by atoms with Gasteiger partial charge in [-0.1, -0.05) is 13.8 Å². The van der Waals surface area contributed by atoms with E-state index in [1.807, 2.05) is 13.8 Å². The molecule has 0 aromatic carbocycles. The largest absolute Gasteiger partial charge is 0.493 e. The van der Waals surface area contributed by atoms with E-state index in [0.29, 0.717) is 23.0 Å². The second-order valence-corrected chi connectivity index (χ2v) is 7.30. The Morgan fingerprint density at radius 1 is 1.48 bits per heavy atom. The molecule has 0 bridgehead atoms. The highest BCUT2D eigenvalue weighted by molar-refractivity contribution is 5.83. The third-order valence-electron chi connectivity index (χ3n) is 4.15. The average Bonchev–Trinajstić information content (AvgIpc) is 3.29. The lowest BCUT2D eigenvalue weighted by Crippen LogP contribution is -2.23. The van der Waals surface area contributed by atoms with Crippen LogP contribution in [0.3, 0.4) is 0 Å². The zero-order chi connectivity index (χ0) is 20.5. The number of rotatable bonds is 5. The van der Waals surface area contributed by atoms with Gasteiger partial charge in [-0.3, -0.25) is 15.3 Å². The number of imidazole rings is 1. The van der Waals surface area contributed by atoms with Crippen LogP contribution in [0.4, 0.5) is 10.6 Å². The van der Waals surface area contributed by atoms with E-state index in [4.69, 9.17) is 4.74 Å². The minimum absolute atomic E-state index is 0.196. The first-order valence-corrected chi connectivity index (χ1v) is 9.28. The molecule has 0 saturated heterocycles. The van der Waals surface area contributed by atoms with Crippen LogP contribution in [0.2, 0.25) is 0 Å². The summed E-state index contributed by atoms with van der Waals surface area (Å²) in [4.78, 5) is 37.2. The van der Waals surface area contributed by atoms with E-state index in [9.17, 15) is 14.7 Å². The van der Waals surface area contributed by atoms with Gasteiger partial charge in [-0.2, -0.15) is 9.61 Å². The number of ether oxygens (including phenoxy) is 1. The van der Waals surface area contributed by atoms with Gasteiger partial charge in [-0.15, -0.1) is 0 Å². The minimum Gasteiger partial charge on any atom is -0.493 e. The Morgan fingerprint density at radius 2 is 2.28 bits per heavy atom. The molecular weight excluding hydrogens is 378 g/mol. The fourth-order valence-corrected chi connectivity index (χ4v) is 2.64. The number of hydrogen-bond acceptors (Lipinski definition) is 7. The SMILES string of the molecule is CC(C)COC(=O)Nc1cc(=NC2CC2)n2ncc(=Cc3[nH]c(=O)[nH]c3O)c2n1. The Kier molecular flexibility index (Phi) is 4.79. The van der Waals surface area contributed by atoms with E-state index in [1.165, 1.54) is 6.08 Å². The van der Waals surface area contributed by atoms with Gasteiger partial charge in [0, 0.05) is 11.3 Å². The zero-order valence-corrected chi connectivity index (χ0v) is 16.0. The first-order valence-electron chi connectivity index (χ1n) is 9.28. The fourth-order valence-electron chi connectivity index (χ4n) is 2.64. The van der Waals surface area contributed by atoms with Crippen molar-refractivity contribution in [1.29, 1.82) is 0 Å². The lowest BCUT2D eigenvalue weighted by molar-refractivity contribution is 0.147. The van der Waals surface area contributed by atoms with E-state index in [1.54, 1.807) is 16.8 Å². The average molecular weight is 399 g/mol. The molecule has 0 unspecified atom stereocenters. The quantitative estimate of drug-likeness (QED) is 0.484. The van der Waals surface area contributed by atoms with Gasteiger partial charge < -0.3 is 14.8 Å². The highest BCUT2D eigenvalue weighted by Gasteiger charge is 2.20. The zero-order valence-electron chi connectivity index (χ0n) is 16.0. The smallest absolute Gasteiger partial charge is 0.412 e. The summed E-state index contributed by atoms with van der Waals surface area (Å²) in [7, 11) is 0. The number of aromatic amines is 2. The summed E-state index contributed by atoms with van der Waals surface area (Å²) in [6.07, 6.45) is 4.47. The summed E-state index contributed by atoms with van der Waals surface area (Å²) in [5.74, 6) is 0.195. The molecule has 3 aromatic rings. The van der Waals surface area contributed by atoms with Crippen molar-refractivity contribution in [3.63, 3.8) is 0 Å². The summed E-state index contributed by atoms with van der Waals surface area (Å²) >= 11 is 0. The van der Waals surface area contributed by atoms with Crippen LogP contribution in [0.25, 0.3) is 11.7 Å². The van der Waals surface area contributed by atoms with Crippen LogP contribution in [-0.2, 0) is 4.74 Å². The standard InChI is InChI=1S/C18H21N7O4/c1-9(2)8-29-18(28)23-13-6-14(20-11-3-4-11)25-15(22-13)10(7-19-25)5-12-16(26)24-17(27)21-12/h5-7,9,11,26H,3-4,8H2,1-2H3,(H,23,28)(H2,21,24,27). The van der Waals surface area contributed by atoms with Gasteiger partial charge in [0.05, 0.1) is 18.8 Å². The van der Waals surface area contributed by atoms with Crippen molar-refractivity contribution in [3.05, 3.63) is 39.1 Å². The van der Waals surface area contributed by atoms with Gasteiger partial charge in [0.15, 0.2) is 11.1 Å². The predicted molar refractivity (Wildman–Crippen MR) is 103 cm³/mol. The van der Waals surface area contributed by atoms with Crippen LogP contribution in [0, 0.1) is 5.92 Å². The number of aromatic hydroxyl groups is 1. The third-order valence-corrected chi connectivity index (χ3v) is 4.15. The molecule has 0 atom stereocenters. The molecular formula is C18H21N7O4. The number of nitrogens with zero attached hydrogens (tertiary/aromatic N) is 4. The molecule has 4 N–H and O–H groups in total. The Morgan fingerprint density at radius 3 is 2.93 bits per heavy atom. The third kappa shape index (κ3) is 4.28. The van der Waals surface area contributed by atoms with Crippen LogP contribution >= 0.6 is 0 Å². The number of fused-ring (bicyclic) bond motifs is 1. The molecule has 3 heterocycles. The molecule has 3 aromatic heterocycles. The molecule has 4 rings (SSSR count). The van der Waals surface area contributed by atoms with E-state index < -0.39 is 11.8 Å². The van der Waals surface area contributed by atoms with E-state index in [2.05, 4.69) is 30.4 Å². The summed E-state index contributed by atoms with van der Waals surface area (Å²) in [6.45, 7) is 4.18. The lowest BCUT2D eigenvalue weighted by atomic mass is 10.2. The number of carbonyl (C=O) groups excluding carboxylic acids is 1. The van der Waals surface area contributed by atoms with Crippen molar-refractivity contribution >= 4 is 23.6 Å². The van der Waals surface area contributed by atoms with E-state index in [0.717, 1.165) is 12.8 Å². The second kappa shape index (κ2) is 7.41. The second-order valence-electron chi connectivity index (χ2n) is 7.30. The van der Waals surface area contributed by atoms with Crippen LogP contribution in [0.1, 0.15) is 32.4 Å². The van der Waals surface area contributed by atoms with Crippen molar-refractivity contribution in [1.82, 2.24) is 24.6 Å². The van der Waals surface area contributed by atoms with Gasteiger partial charge >= 0.3 is 11.8 Å². The Bertz CT molecular complexity index is 1230. The van der Waals surface area contributed by atoms with Gasteiger partial charge in [-0.25, -0.2) is 14.6 Å². The summed E-state index contributed by atoms with van der Waals surface area (Å²) in [5, 5.41) is 17.3. The summed E-state index contributed by atoms with van der Waals surface area (Å²) < 4.78 is 6.70. The number of aromatic nitrogens is 5. The molecule has 1 saturated carbocycles. The maximum atomic E-state index is 12.0. The lowest BCUT2D eigenvalue weighted by Gasteiger charge is -2.08. The normalized spacial score (nSPS) is 15.4. The fraction of sp³-hybridized carbons (Fsp3) is 0.389. The van der Waals surface area contributed by atoms with Crippen LogP contribution in [0.15, 0.2) is 22.1 Å². The molecule has 11 heteroatoms. The summed E-state index contributed by atoms with van der Waals surface area (Å²) in [5.41, 5.74) is 0.621. The maximum Gasteiger partial charge on any atom is 0.412 e. The van der Waals surface area contributed by atoms with Crippen molar-refractivity contribution in [2.24, 2.45) is 10.9 Å². The molecule has 0 radical (unpaired) electrons. The number of carbonyl (C=O) groups is 1. The molecule has 0 spiro atoms. The van der Waals surface area contributed by atoms with Crippen LogP contribution < -0.4 is 21.7 Å². The minimum atomic E-state index is -0.606. The van der Waals surface area contributed by atoms with Crippen molar-refractivity contribution in [2.45, 2.75) is 32.7 Å². The Labute approximate surface area is 164 Å². The number of H-pyrrole nitrogens is 2. The molecule has 152 valence electrons. The van der Waals surface area contributed by atoms with Gasteiger partial charge in [0.2, 0.25) is 5.88 Å². The molecule has 29 heavy (non-hydrogen) atoms. The first kappa shape index (κ1) is 18.7.